The number of nitrogens with one attached hydrogen (secondary N) is 1. The lowest BCUT2D eigenvalue weighted by Crippen LogP contribution is -2.32. The van der Waals surface area contributed by atoms with Crippen molar-refractivity contribution in [1.29, 1.82) is 0 Å². The van der Waals surface area contributed by atoms with Gasteiger partial charge in [0.2, 0.25) is 5.91 Å². The highest BCUT2D eigenvalue weighted by molar-refractivity contribution is 9.10. The highest BCUT2D eigenvalue weighted by Gasteiger charge is 2.21. The first kappa shape index (κ1) is 16.3. The molecule has 0 atom stereocenters. The smallest absolute Gasteiger partial charge is 0.238 e. The van der Waals surface area contributed by atoms with Gasteiger partial charge in [0.1, 0.15) is 0 Å². The summed E-state index contributed by atoms with van der Waals surface area (Å²) in [5.41, 5.74) is 7.05. The van der Waals surface area contributed by atoms with E-state index in [0.29, 0.717) is 18.8 Å². The standard InChI is InChI=1S/C15H22BrN3O2/c1-19(6-7-21-10-11-2-3-11)9-15(20)18-14-5-4-12(17)8-13(14)16/h4-5,8,11H,2-3,6-7,9-10,17H2,1H3,(H,18,20). The van der Waals surface area contributed by atoms with E-state index in [9.17, 15) is 4.79 Å². The third-order valence-electron chi connectivity index (χ3n) is 3.35. The van der Waals surface area contributed by atoms with E-state index in [1.165, 1.54) is 12.8 Å². The Balaban J connectivity index is 1.67. The number of anilines is 2. The number of nitrogens with two attached hydrogens (primary N) is 1. The minimum absolute atomic E-state index is 0.0508. The Kier molecular flexibility index (Phi) is 6.02. The fraction of sp³-hybridized carbons (Fsp3) is 0.533. The Bertz CT molecular complexity index is 492. The molecule has 1 aliphatic carbocycles. The van der Waals surface area contributed by atoms with Crippen molar-refractivity contribution in [3.8, 4) is 0 Å². The molecule has 1 fully saturated rings. The first-order valence-corrected chi connectivity index (χ1v) is 7.95. The average Bonchev–Trinajstić information content (AvgIpc) is 3.22. The van der Waals surface area contributed by atoms with Crippen LogP contribution < -0.4 is 11.1 Å². The molecule has 0 aromatic heterocycles. The van der Waals surface area contributed by atoms with Gasteiger partial charge in [-0.15, -0.1) is 0 Å². The number of benzene rings is 1. The number of halogens is 1. The zero-order valence-corrected chi connectivity index (χ0v) is 13.9. The van der Waals surface area contributed by atoms with Crippen LogP contribution in [0.3, 0.4) is 0 Å². The normalized spacial score (nSPS) is 14.4. The van der Waals surface area contributed by atoms with Crippen LogP contribution in [-0.4, -0.2) is 44.2 Å². The third kappa shape index (κ3) is 6.03. The van der Waals surface area contributed by atoms with Crippen LogP contribution in [0.2, 0.25) is 0 Å². The van der Waals surface area contributed by atoms with Gasteiger partial charge in [0.05, 0.1) is 18.8 Å². The van der Waals surface area contributed by atoms with Gasteiger partial charge in [0, 0.05) is 23.3 Å². The number of nitrogen functional groups attached to an aromatic ring is 1. The number of likely N-dealkylation sites (N-methyl/N-ethyl adjacent to an activating group) is 1. The summed E-state index contributed by atoms with van der Waals surface area (Å²) in [6.07, 6.45) is 2.60. The van der Waals surface area contributed by atoms with E-state index in [4.69, 9.17) is 10.5 Å². The molecule has 5 nitrogen and oxygen atoms in total. The van der Waals surface area contributed by atoms with Gasteiger partial charge in [-0.2, -0.15) is 0 Å². The maximum absolute atomic E-state index is 12.0. The fourth-order valence-electron chi connectivity index (χ4n) is 1.90. The predicted octanol–water partition coefficient (Wildman–Crippen LogP) is 2.33. The number of carbonyl (C=O) groups excluding carboxylic acids is 1. The lowest BCUT2D eigenvalue weighted by molar-refractivity contribution is -0.117. The van der Waals surface area contributed by atoms with Gasteiger partial charge >= 0.3 is 0 Å². The van der Waals surface area contributed by atoms with E-state index >= 15 is 0 Å². The largest absolute Gasteiger partial charge is 0.399 e. The molecule has 0 bridgehead atoms. The lowest BCUT2D eigenvalue weighted by Gasteiger charge is -2.16. The molecule has 0 aliphatic heterocycles. The van der Waals surface area contributed by atoms with Crippen LogP contribution in [0.15, 0.2) is 22.7 Å². The van der Waals surface area contributed by atoms with Gasteiger partial charge in [0.15, 0.2) is 0 Å². The number of carbonyl (C=O) groups is 1. The van der Waals surface area contributed by atoms with Gasteiger partial charge in [0.25, 0.3) is 0 Å². The Labute approximate surface area is 134 Å². The van der Waals surface area contributed by atoms with Gasteiger partial charge in [-0.25, -0.2) is 0 Å². The van der Waals surface area contributed by atoms with Crippen molar-refractivity contribution in [3.63, 3.8) is 0 Å². The van der Waals surface area contributed by atoms with Gasteiger partial charge < -0.3 is 15.8 Å². The molecule has 1 aromatic carbocycles. The second kappa shape index (κ2) is 7.77. The summed E-state index contributed by atoms with van der Waals surface area (Å²) in [5, 5.41) is 2.86. The lowest BCUT2D eigenvalue weighted by atomic mass is 10.3. The van der Waals surface area contributed by atoms with Crippen molar-refractivity contribution in [2.45, 2.75) is 12.8 Å². The van der Waals surface area contributed by atoms with Crippen LogP contribution >= 0.6 is 15.9 Å². The molecule has 1 amide bonds. The number of ether oxygens (including phenoxy) is 1. The summed E-state index contributed by atoms with van der Waals surface area (Å²) in [7, 11) is 1.91. The minimum Gasteiger partial charge on any atom is -0.399 e. The van der Waals surface area contributed by atoms with Crippen molar-refractivity contribution in [1.82, 2.24) is 4.90 Å². The van der Waals surface area contributed by atoms with E-state index in [0.717, 1.165) is 29.2 Å². The second-order valence-corrected chi connectivity index (χ2v) is 6.40. The number of nitrogens with zero attached hydrogens (tertiary/aromatic N) is 1. The molecular formula is C15H22BrN3O2. The van der Waals surface area contributed by atoms with Crippen LogP contribution in [0.1, 0.15) is 12.8 Å². The maximum atomic E-state index is 12.0. The van der Waals surface area contributed by atoms with Crippen LogP contribution in [0.5, 0.6) is 0 Å². The van der Waals surface area contributed by atoms with Crippen LogP contribution in [0.25, 0.3) is 0 Å². The molecule has 3 N–H and O–H groups in total. The Morgan fingerprint density at radius 3 is 2.95 bits per heavy atom. The molecule has 6 heteroatoms. The molecule has 0 radical (unpaired) electrons. The van der Waals surface area contributed by atoms with E-state index in [2.05, 4.69) is 21.2 Å². The molecule has 0 spiro atoms. The van der Waals surface area contributed by atoms with Crippen molar-refractivity contribution in [2.24, 2.45) is 5.92 Å². The topological polar surface area (TPSA) is 67.6 Å². The molecule has 1 aromatic rings. The first-order chi connectivity index (χ1) is 10.0. The summed E-state index contributed by atoms with van der Waals surface area (Å²) in [6.45, 7) is 2.62. The average molecular weight is 356 g/mol. The highest BCUT2D eigenvalue weighted by Crippen LogP contribution is 2.28. The summed E-state index contributed by atoms with van der Waals surface area (Å²) < 4.78 is 6.35. The van der Waals surface area contributed by atoms with Crippen molar-refractivity contribution >= 4 is 33.2 Å². The molecule has 0 saturated heterocycles. The maximum Gasteiger partial charge on any atom is 0.238 e. The molecule has 2 rings (SSSR count). The van der Waals surface area contributed by atoms with E-state index in [-0.39, 0.29) is 5.91 Å². The second-order valence-electron chi connectivity index (χ2n) is 5.54. The zero-order chi connectivity index (χ0) is 15.2. The SMILES string of the molecule is CN(CCOCC1CC1)CC(=O)Nc1ccc(N)cc1Br. The molecule has 0 heterocycles. The molecule has 21 heavy (non-hydrogen) atoms. The fourth-order valence-corrected chi connectivity index (χ4v) is 2.40. The molecule has 1 aliphatic rings. The monoisotopic (exact) mass is 355 g/mol. The van der Waals surface area contributed by atoms with Gasteiger partial charge in [-0.3, -0.25) is 9.69 Å². The van der Waals surface area contributed by atoms with Gasteiger partial charge in [-0.1, -0.05) is 0 Å². The number of hydrogen-bond acceptors (Lipinski definition) is 4. The Hall–Kier alpha value is -1.11. The predicted molar refractivity (Wildman–Crippen MR) is 88.2 cm³/mol. The molecule has 0 unspecified atom stereocenters. The first-order valence-electron chi connectivity index (χ1n) is 7.16. The van der Waals surface area contributed by atoms with Gasteiger partial charge in [-0.05, 0) is 59.9 Å². The van der Waals surface area contributed by atoms with Crippen molar-refractivity contribution in [2.75, 3.05) is 44.4 Å². The van der Waals surface area contributed by atoms with Crippen molar-refractivity contribution < 1.29 is 9.53 Å². The summed E-state index contributed by atoms with van der Waals surface area (Å²) in [4.78, 5) is 13.9. The quantitative estimate of drug-likeness (QED) is 0.554. The van der Waals surface area contributed by atoms with Crippen LogP contribution in [-0.2, 0) is 9.53 Å². The molecule has 116 valence electrons. The zero-order valence-electron chi connectivity index (χ0n) is 12.3. The van der Waals surface area contributed by atoms with Crippen molar-refractivity contribution in [3.05, 3.63) is 22.7 Å². The van der Waals surface area contributed by atoms with E-state index < -0.39 is 0 Å². The summed E-state index contributed by atoms with van der Waals surface area (Å²) in [5.74, 6) is 0.728. The number of hydrogen-bond donors (Lipinski definition) is 2. The van der Waals surface area contributed by atoms with E-state index in [1.807, 2.05) is 11.9 Å². The third-order valence-corrected chi connectivity index (χ3v) is 4.00. The summed E-state index contributed by atoms with van der Waals surface area (Å²) in [6, 6.07) is 5.32. The molecule has 1 saturated carbocycles. The number of rotatable bonds is 8. The minimum atomic E-state index is -0.0508. The molecular weight excluding hydrogens is 334 g/mol. The summed E-state index contributed by atoms with van der Waals surface area (Å²) >= 11 is 3.38. The van der Waals surface area contributed by atoms with Crippen LogP contribution in [0.4, 0.5) is 11.4 Å². The number of amides is 1. The Morgan fingerprint density at radius 1 is 1.52 bits per heavy atom. The highest BCUT2D eigenvalue weighted by atomic mass is 79.9. The van der Waals surface area contributed by atoms with Crippen LogP contribution in [0, 0.1) is 5.92 Å². The van der Waals surface area contributed by atoms with E-state index in [1.54, 1.807) is 18.2 Å². The Morgan fingerprint density at radius 2 is 2.29 bits per heavy atom.